The van der Waals surface area contributed by atoms with Crippen LogP contribution >= 0.6 is 0 Å². The zero-order chi connectivity index (χ0) is 12.0. The topological polar surface area (TPSA) is 12.4 Å². The third kappa shape index (κ3) is 4.01. The van der Waals surface area contributed by atoms with E-state index < -0.39 is 8.07 Å². The minimum atomic E-state index is -1.32. The van der Waals surface area contributed by atoms with Gasteiger partial charge in [-0.15, -0.1) is 6.58 Å². The van der Waals surface area contributed by atoms with Crippen molar-refractivity contribution in [2.45, 2.75) is 26.1 Å². The van der Waals surface area contributed by atoms with Gasteiger partial charge in [0.15, 0.2) is 0 Å². The van der Waals surface area contributed by atoms with E-state index in [-0.39, 0.29) is 0 Å². The normalized spacial score (nSPS) is 10.4. The van der Waals surface area contributed by atoms with Gasteiger partial charge in [0.25, 0.3) is 0 Å². The van der Waals surface area contributed by atoms with E-state index in [1.807, 2.05) is 36.4 Å². The van der Waals surface area contributed by atoms with Crippen LogP contribution < -0.4 is 0 Å². The second-order valence-electron chi connectivity index (χ2n) is 4.78. The van der Waals surface area contributed by atoms with Gasteiger partial charge in [-0.2, -0.15) is 0 Å². The van der Waals surface area contributed by atoms with E-state index in [0.29, 0.717) is 0 Å². The number of aliphatic imine (C=N–C) groups is 1. The Balaban J connectivity index is 3.03. The van der Waals surface area contributed by atoms with Crippen LogP contribution in [0.25, 0.3) is 0 Å². The highest BCUT2D eigenvalue weighted by atomic mass is 28.3. The maximum Gasteiger partial charge on any atom is 0.0848 e. The molecule has 2 heteroatoms. The summed E-state index contributed by atoms with van der Waals surface area (Å²) in [5.74, 6) is 3.21. The maximum atomic E-state index is 4.39. The second-order valence-corrected chi connectivity index (χ2v) is 9.88. The molecule has 0 saturated heterocycles. The first kappa shape index (κ1) is 12.7. The van der Waals surface area contributed by atoms with E-state index in [1.54, 1.807) is 0 Å². The van der Waals surface area contributed by atoms with Crippen LogP contribution in [0.1, 0.15) is 6.42 Å². The van der Waals surface area contributed by atoms with Crippen LogP contribution in [0.5, 0.6) is 0 Å². The molecule has 0 heterocycles. The van der Waals surface area contributed by atoms with Gasteiger partial charge in [-0.25, -0.2) is 4.99 Å². The van der Waals surface area contributed by atoms with Gasteiger partial charge in [-0.05, 0) is 29.6 Å². The fraction of sp³-hybridized carbons (Fsp3) is 0.286. The first-order chi connectivity index (χ1) is 7.54. The molecule has 0 aromatic heterocycles. The summed E-state index contributed by atoms with van der Waals surface area (Å²) in [6, 6.07) is 9.95. The van der Waals surface area contributed by atoms with Gasteiger partial charge >= 0.3 is 0 Å². The van der Waals surface area contributed by atoms with E-state index in [1.165, 1.54) is 5.20 Å². The molecule has 1 aromatic carbocycles. The van der Waals surface area contributed by atoms with Crippen molar-refractivity contribution < 1.29 is 0 Å². The van der Waals surface area contributed by atoms with Crippen LogP contribution in [0.15, 0.2) is 53.2 Å². The van der Waals surface area contributed by atoms with Gasteiger partial charge < -0.3 is 0 Å². The van der Waals surface area contributed by atoms with Gasteiger partial charge in [0.1, 0.15) is 0 Å². The molecule has 1 nitrogen and oxygen atoms in total. The van der Waals surface area contributed by atoms with Crippen molar-refractivity contribution >= 4 is 19.6 Å². The Kier molecular flexibility index (Phi) is 4.48. The molecular weight excluding hydrogens is 210 g/mol. The summed E-state index contributed by atoms with van der Waals surface area (Å²) in [6.07, 6.45) is 2.83. The van der Waals surface area contributed by atoms with Crippen LogP contribution in [-0.2, 0) is 0 Å². The molecular formula is C14H19NSi. The molecule has 0 aliphatic heterocycles. The average Bonchev–Trinajstić information content (AvgIpc) is 2.24. The highest BCUT2D eigenvalue weighted by Crippen LogP contribution is 2.16. The Morgan fingerprint density at radius 2 is 1.94 bits per heavy atom. The smallest absolute Gasteiger partial charge is 0.0848 e. The lowest BCUT2D eigenvalue weighted by Crippen LogP contribution is -2.24. The summed E-state index contributed by atoms with van der Waals surface area (Å²) in [5.41, 5.74) is 0.960. The Labute approximate surface area is 99.2 Å². The number of nitrogens with zero attached hydrogens (tertiary/aromatic N) is 1. The van der Waals surface area contributed by atoms with E-state index in [0.717, 1.165) is 12.1 Å². The molecule has 16 heavy (non-hydrogen) atoms. The molecule has 0 radical (unpaired) electrons. The summed E-state index contributed by atoms with van der Waals surface area (Å²) in [5, 5.41) is 1.31. The minimum absolute atomic E-state index is 0.895. The lowest BCUT2D eigenvalue weighted by atomic mass is 10.3. The number of benzene rings is 1. The zero-order valence-corrected chi connectivity index (χ0v) is 11.3. The molecule has 84 valence electrons. The van der Waals surface area contributed by atoms with Crippen molar-refractivity contribution in [3.8, 4) is 0 Å². The molecule has 0 aliphatic rings. The Bertz CT molecular complexity index is 406. The van der Waals surface area contributed by atoms with Crippen LogP contribution in [0.3, 0.4) is 0 Å². The molecule has 1 rings (SSSR count). The first-order valence-corrected chi connectivity index (χ1v) is 9.03. The second kappa shape index (κ2) is 5.64. The van der Waals surface area contributed by atoms with Crippen molar-refractivity contribution in [2.75, 3.05) is 0 Å². The Morgan fingerprint density at radius 1 is 1.31 bits per heavy atom. The molecule has 0 aliphatic carbocycles. The largest absolute Gasteiger partial charge is 0.207 e. The fourth-order valence-corrected chi connectivity index (χ4v) is 2.45. The SMILES string of the molecule is C=CCC(=C=Nc1ccccc1)[Si](C)(C)C. The van der Waals surface area contributed by atoms with Crippen LogP contribution in [-0.4, -0.2) is 13.9 Å². The number of para-hydroxylation sites is 1. The summed E-state index contributed by atoms with van der Waals surface area (Å²) in [7, 11) is -1.32. The minimum Gasteiger partial charge on any atom is -0.207 e. The monoisotopic (exact) mass is 229 g/mol. The van der Waals surface area contributed by atoms with Crippen molar-refractivity contribution in [3.05, 3.63) is 48.2 Å². The molecule has 0 bridgehead atoms. The predicted molar refractivity (Wildman–Crippen MR) is 75.2 cm³/mol. The van der Waals surface area contributed by atoms with Crippen molar-refractivity contribution in [1.29, 1.82) is 0 Å². The van der Waals surface area contributed by atoms with Crippen LogP contribution in [0.2, 0.25) is 19.6 Å². The highest BCUT2D eigenvalue weighted by Gasteiger charge is 2.18. The number of hydrogen-bond donors (Lipinski definition) is 0. The number of allylic oxidation sites excluding steroid dienone is 2. The lowest BCUT2D eigenvalue weighted by molar-refractivity contribution is 1.34. The first-order valence-electron chi connectivity index (χ1n) is 5.53. The van der Waals surface area contributed by atoms with Gasteiger partial charge in [-0.1, -0.05) is 43.9 Å². The third-order valence-electron chi connectivity index (χ3n) is 2.33. The fourth-order valence-electron chi connectivity index (χ4n) is 1.30. The lowest BCUT2D eigenvalue weighted by Gasteiger charge is -2.16. The average molecular weight is 229 g/mol. The summed E-state index contributed by atoms with van der Waals surface area (Å²) in [6.45, 7) is 10.7. The van der Waals surface area contributed by atoms with E-state index >= 15 is 0 Å². The molecule has 0 saturated carbocycles. The van der Waals surface area contributed by atoms with Crippen molar-refractivity contribution in [1.82, 2.24) is 0 Å². The van der Waals surface area contributed by atoms with E-state index in [9.17, 15) is 0 Å². The number of hydrogen-bond acceptors (Lipinski definition) is 1. The molecule has 0 N–H and O–H groups in total. The summed E-state index contributed by atoms with van der Waals surface area (Å²) >= 11 is 0. The standard InChI is InChI=1S/C14H19NSi/c1-5-9-14(16(2,3)4)12-15-13-10-7-6-8-11-13/h5-8,10-11H,1,9H2,2-4H3. The van der Waals surface area contributed by atoms with Gasteiger partial charge in [0.2, 0.25) is 0 Å². The Morgan fingerprint density at radius 3 is 2.44 bits per heavy atom. The number of rotatable bonds is 4. The molecule has 0 spiro atoms. The predicted octanol–water partition coefficient (Wildman–Crippen LogP) is 4.37. The van der Waals surface area contributed by atoms with Crippen molar-refractivity contribution in [2.24, 2.45) is 4.99 Å². The summed E-state index contributed by atoms with van der Waals surface area (Å²) < 4.78 is 0. The van der Waals surface area contributed by atoms with E-state index in [2.05, 4.69) is 37.1 Å². The Hall–Kier alpha value is -1.37. The highest BCUT2D eigenvalue weighted by molar-refractivity contribution is 6.84. The molecule has 0 amide bonds. The maximum absolute atomic E-state index is 4.39. The molecule has 0 fully saturated rings. The summed E-state index contributed by atoms with van der Waals surface area (Å²) in [4.78, 5) is 4.39. The quantitative estimate of drug-likeness (QED) is 0.413. The van der Waals surface area contributed by atoms with Gasteiger partial charge in [0.05, 0.1) is 13.8 Å². The van der Waals surface area contributed by atoms with Gasteiger partial charge in [0, 0.05) is 0 Å². The van der Waals surface area contributed by atoms with E-state index in [4.69, 9.17) is 0 Å². The zero-order valence-electron chi connectivity index (χ0n) is 10.3. The third-order valence-corrected chi connectivity index (χ3v) is 4.46. The molecule has 0 atom stereocenters. The molecule has 0 unspecified atom stereocenters. The van der Waals surface area contributed by atoms with Crippen LogP contribution in [0, 0.1) is 0 Å². The van der Waals surface area contributed by atoms with Gasteiger partial charge in [-0.3, -0.25) is 0 Å². The van der Waals surface area contributed by atoms with Crippen molar-refractivity contribution in [3.63, 3.8) is 0 Å². The molecule has 1 aromatic rings. The van der Waals surface area contributed by atoms with Crippen LogP contribution in [0.4, 0.5) is 5.69 Å².